The third-order valence-corrected chi connectivity index (χ3v) is 2.31. The van der Waals surface area contributed by atoms with Gasteiger partial charge < -0.3 is 9.15 Å². The van der Waals surface area contributed by atoms with Gasteiger partial charge in [0, 0.05) is 0 Å². The number of carbonyl (C=O) groups excluding carboxylic acids is 1. The fraction of sp³-hybridized carbons (Fsp3) is 0.583. The predicted molar refractivity (Wildman–Crippen MR) is 57.9 cm³/mol. The molecule has 0 amide bonds. The number of hydrogen-bond donors (Lipinski definition) is 0. The Morgan fingerprint density at radius 3 is 2.80 bits per heavy atom. The van der Waals surface area contributed by atoms with Crippen molar-refractivity contribution in [2.45, 2.75) is 39.5 Å². The van der Waals surface area contributed by atoms with Crippen molar-refractivity contribution in [2.75, 3.05) is 6.61 Å². The molecule has 0 saturated carbocycles. The molecule has 84 valence electrons. The first kappa shape index (κ1) is 11.8. The van der Waals surface area contributed by atoms with Crippen molar-refractivity contribution in [3.8, 4) is 0 Å². The summed E-state index contributed by atoms with van der Waals surface area (Å²) >= 11 is 0. The molecule has 0 aromatic carbocycles. The van der Waals surface area contributed by atoms with Crippen molar-refractivity contribution in [1.29, 1.82) is 0 Å². The Morgan fingerprint density at radius 1 is 1.40 bits per heavy atom. The maximum Gasteiger partial charge on any atom is 0.341 e. The van der Waals surface area contributed by atoms with Gasteiger partial charge in [0.2, 0.25) is 0 Å². The van der Waals surface area contributed by atoms with Gasteiger partial charge in [0.1, 0.15) is 11.3 Å². The first-order valence-corrected chi connectivity index (χ1v) is 5.47. The van der Waals surface area contributed by atoms with E-state index in [0.717, 1.165) is 12.8 Å². The summed E-state index contributed by atoms with van der Waals surface area (Å²) < 4.78 is 10.1. The number of hydrogen-bond acceptors (Lipinski definition) is 3. The minimum Gasteiger partial charge on any atom is -0.469 e. The highest BCUT2D eigenvalue weighted by Crippen LogP contribution is 2.10. The highest BCUT2D eigenvalue weighted by atomic mass is 16.5. The van der Waals surface area contributed by atoms with E-state index in [4.69, 9.17) is 9.15 Å². The van der Waals surface area contributed by atoms with Crippen LogP contribution >= 0.6 is 0 Å². The first-order chi connectivity index (χ1) is 7.25. The van der Waals surface area contributed by atoms with Gasteiger partial charge in [-0.1, -0.05) is 26.2 Å². The SMILES string of the molecule is CCCCCCOC(=O)c1ccoc1C. The maximum atomic E-state index is 11.5. The molecule has 3 heteroatoms. The lowest BCUT2D eigenvalue weighted by Crippen LogP contribution is -2.06. The zero-order chi connectivity index (χ0) is 11.1. The zero-order valence-corrected chi connectivity index (χ0v) is 9.41. The van der Waals surface area contributed by atoms with Crippen LogP contribution in [0.4, 0.5) is 0 Å². The standard InChI is InChI=1S/C12H18O3/c1-3-4-5-6-8-15-12(13)11-7-9-14-10(11)2/h7,9H,3-6,8H2,1-2H3. The van der Waals surface area contributed by atoms with E-state index in [1.54, 1.807) is 13.0 Å². The van der Waals surface area contributed by atoms with E-state index in [2.05, 4.69) is 6.92 Å². The van der Waals surface area contributed by atoms with E-state index in [9.17, 15) is 4.79 Å². The predicted octanol–water partition coefficient (Wildman–Crippen LogP) is 3.33. The number of aryl methyl sites for hydroxylation is 1. The van der Waals surface area contributed by atoms with E-state index >= 15 is 0 Å². The Labute approximate surface area is 90.4 Å². The van der Waals surface area contributed by atoms with Crippen LogP contribution in [0, 0.1) is 6.92 Å². The first-order valence-electron chi connectivity index (χ1n) is 5.47. The molecule has 1 aromatic rings. The molecule has 3 nitrogen and oxygen atoms in total. The fourth-order valence-electron chi connectivity index (χ4n) is 1.37. The Morgan fingerprint density at radius 2 is 2.20 bits per heavy atom. The lowest BCUT2D eigenvalue weighted by molar-refractivity contribution is 0.0496. The second kappa shape index (κ2) is 6.27. The second-order valence-corrected chi connectivity index (χ2v) is 3.59. The molecule has 0 aliphatic rings. The quantitative estimate of drug-likeness (QED) is 0.534. The van der Waals surface area contributed by atoms with E-state index in [-0.39, 0.29) is 5.97 Å². The molecule has 0 atom stereocenters. The highest BCUT2D eigenvalue weighted by molar-refractivity contribution is 5.90. The van der Waals surface area contributed by atoms with Gasteiger partial charge in [-0.25, -0.2) is 4.79 Å². The van der Waals surface area contributed by atoms with Gasteiger partial charge in [-0.05, 0) is 19.4 Å². The molecule has 0 spiro atoms. The molecule has 1 aromatic heterocycles. The Kier molecular flexibility index (Phi) is 4.95. The average molecular weight is 210 g/mol. The molecular formula is C12H18O3. The van der Waals surface area contributed by atoms with Crippen LogP contribution < -0.4 is 0 Å². The van der Waals surface area contributed by atoms with Crippen LogP contribution in [0.2, 0.25) is 0 Å². The Balaban J connectivity index is 2.22. The highest BCUT2D eigenvalue weighted by Gasteiger charge is 2.11. The third-order valence-electron chi connectivity index (χ3n) is 2.31. The molecule has 1 heterocycles. The summed E-state index contributed by atoms with van der Waals surface area (Å²) in [4.78, 5) is 11.5. The molecule has 0 N–H and O–H groups in total. The smallest absolute Gasteiger partial charge is 0.341 e. The number of unbranched alkanes of at least 4 members (excludes halogenated alkanes) is 3. The summed E-state index contributed by atoms with van der Waals surface area (Å²) in [7, 11) is 0. The summed E-state index contributed by atoms with van der Waals surface area (Å²) in [5.41, 5.74) is 0.533. The molecule has 0 aliphatic heterocycles. The Hall–Kier alpha value is -1.25. The topological polar surface area (TPSA) is 39.4 Å². The molecule has 0 saturated heterocycles. The molecular weight excluding hydrogens is 192 g/mol. The van der Waals surface area contributed by atoms with Gasteiger partial charge in [0.15, 0.2) is 0 Å². The van der Waals surface area contributed by atoms with Crippen molar-refractivity contribution in [2.24, 2.45) is 0 Å². The van der Waals surface area contributed by atoms with E-state index in [0.29, 0.717) is 17.9 Å². The molecule has 0 aliphatic carbocycles. The zero-order valence-electron chi connectivity index (χ0n) is 9.41. The number of esters is 1. The minimum atomic E-state index is -0.280. The fourth-order valence-corrected chi connectivity index (χ4v) is 1.37. The number of furan rings is 1. The molecule has 0 bridgehead atoms. The van der Waals surface area contributed by atoms with Crippen LogP contribution in [0.25, 0.3) is 0 Å². The normalized spacial score (nSPS) is 10.3. The number of rotatable bonds is 6. The maximum absolute atomic E-state index is 11.5. The molecule has 0 fully saturated rings. The molecule has 1 rings (SSSR count). The monoisotopic (exact) mass is 210 g/mol. The van der Waals surface area contributed by atoms with Gasteiger partial charge in [0.25, 0.3) is 0 Å². The summed E-state index contributed by atoms with van der Waals surface area (Å²) in [5, 5.41) is 0. The van der Waals surface area contributed by atoms with E-state index in [1.165, 1.54) is 19.1 Å². The number of carbonyl (C=O) groups is 1. The largest absolute Gasteiger partial charge is 0.469 e. The van der Waals surface area contributed by atoms with Crippen molar-refractivity contribution in [1.82, 2.24) is 0 Å². The van der Waals surface area contributed by atoms with Crippen molar-refractivity contribution < 1.29 is 13.9 Å². The second-order valence-electron chi connectivity index (χ2n) is 3.59. The summed E-state index contributed by atoms with van der Waals surface area (Å²) in [6.07, 6.45) is 5.95. The van der Waals surface area contributed by atoms with Gasteiger partial charge in [-0.3, -0.25) is 0 Å². The van der Waals surface area contributed by atoms with E-state index in [1.807, 2.05) is 0 Å². The van der Waals surface area contributed by atoms with Gasteiger partial charge in [-0.15, -0.1) is 0 Å². The van der Waals surface area contributed by atoms with Crippen molar-refractivity contribution >= 4 is 5.97 Å². The van der Waals surface area contributed by atoms with E-state index < -0.39 is 0 Å². The van der Waals surface area contributed by atoms with Crippen LogP contribution in [-0.2, 0) is 4.74 Å². The lowest BCUT2D eigenvalue weighted by atomic mass is 10.2. The van der Waals surface area contributed by atoms with Gasteiger partial charge in [0.05, 0.1) is 12.9 Å². The van der Waals surface area contributed by atoms with Crippen LogP contribution in [0.5, 0.6) is 0 Å². The average Bonchev–Trinajstić information content (AvgIpc) is 2.64. The van der Waals surface area contributed by atoms with Crippen molar-refractivity contribution in [3.05, 3.63) is 23.7 Å². The van der Waals surface area contributed by atoms with Crippen LogP contribution in [-0.4, -0.2) is 12.6 Å². The summed E-state index contributed by atoms with van der Waals surface area (Å²) in [5.74, 6) is 0.339. The molecule has 0 radical (unpaired) electrons. The summed E-state index contributed by atoms with van der Waals surface area (Å²) in [6, 6.07) is 1.64. The summed E-state index contributed by atoms with van der Waals surface area (Å²) in [6.45, 7) is 4.41. The molecule has 15 heavy (non-hydrogen) atoms. The number of ether oxygens (including phenoxy) is 1. The molecule has 0 unspecified atom stereocenters. The van der Waals surface area contributed by atoms with Gasteiger partial charge in [-0.2, -0.15) is 0 Å². The lowest BCUT2D eigenvalue weighted by Gasteiger charge is -2.03. The van der Waals surface area contributed by atoms with Crippen LogP contribution in [0.1, 0.15) is 48.7 Å². The van der Waals surface area contributed by atoms with Gasteiger partial charge >= 0.3 is 5.97 Å². The van der Waals surface area contributed by atoms with Crippen molar-refractivity contribution in [3.63, 3.8) is 0 Å². The van der Waals surface area contributed by atoms with Crippen LogP contribution in [0.15, 0.2) is 16.7 Å². The van der Waals surface area contributed by atoms with Crippen LogP contribution in [0.3, 0.4) is 0 Å². The third kappa shape index (κ3) is 3.78. The minimum absolute atomic E-state index is 0.280. The Bertz CT molecular complexity index is 302.